The highest BCUT2D eigenvalue weighted by Crippen LogP contribution is 2.31. The Hall–Kier alpha value is -1.36. The van der Waals surface area contributed by atoms with Gasteiger partial charge in [-0.1, -0.05) is 0 Å². The summed E-state index contributed by atoms with van der Waals surface area (Å²) in [7, 11) is 1.84. The molecule has 1 aromatic heterocycles. The number of rotatable bonds is 4. The Bertz CT molecular complexity index is 628. The van der Waals surface area contributed by atoms with Gasteiger partial charge in [-0.15, -0.1) is 24.0 Å². The first-order chi connectivity index (χ1) is 11.5. The van der Waals surface area contributed by atoms with Crippen molar-refractivity contribution < 1.29 is 9.90 Å². The van der Waals surface area contributed by atoms with Crippen LogP contribution in [0.1, 0.15) is 26.2 Å². The van der Waals surface area contributed by atoms with E-state index in [1.807, 2.05) is 25.1 Å². The third kappa shape index (κ3) is 4.63. The van der Waals surface area contributed by atoms with Gasteiger partial charge in [0.05, 0.1) is 24.0 Å². The van der Waals surface area contributed by atoms with Gasteiger partial charge in [-0.05, 0) is 26.2 Å². The van der Waals surface area contributed by atoms with Crippen LogP contribution in [0.4, 0.5) is 5.69 Å². The van der Waals surface area contributed by atoms with Gasteiger partial charge >= 0.3 is 0 Å². The standard InChI is InChI=1S/C16H26N6O2.HI/c1-3-17-15(18-12-16(24)5-4-6-16)21-7-8-22(14(23)11-21)13-9-19-20(2)10-13;/h9-10,24H,3-8,11-12H2,1-2H3,(H,17,18);1H. The Morgan fingerprint density at radius 1 is 1.44 bits per heavy atom. The highest BCUT2D eigenvalue weighted by molar-refractivity contribution is 14.0. The van der Waals surface area contributed by atoms with E-state index < -0.39 is 5.60 Å². The van der Waals surface area contributed by atoms with Crippen molar-refractivity contribution in [3.8, 4) is 0 Å². The van der Waals surface area contributed by atoms with E-state index in [0.717, 1.165) is 31.5 Å². The maximum Gasteiger partial charge on any atom is 0.246 e. The summed E-state index contributed by atoms with van der Waals surface area (Å²) in [6, 6.07) is 0. The van der Waals surface area contributed by atoms with Gasteiger partial charge < -0.3 is 20.2 Å². The minimum Gasteiger partial charge on any atom is -0.388 e. The summed E-state index contributed by atoms with van der Waals surface area (Å²) in [5.41, 5.74) is 0.176. The normalized spacial score (nSPS) is 20.1. The predicted molar refractivity (Wildman–Crippen MR) is 107 cm³/mol. The van der Waals surface area contributed by atoms with E-state index in [1.165, 1.54) is 0 Å². The van der Waals surface area contributed by atoms with E-state index >= 15 is 0 Å². The van der Waals surface area contributed by atoms with Crippen LogP contribution < -0.4 is 10.2 Å². The van der Waals surface area contributed by atoms with E-state index in [2.05, 4.69) is 15.4 Å². The van der Waals surface area contributed by atoms with Gasteiger partial charge in [0, 0.05) is 32.9 Å². The number of nitrogens with one attached hydrogen (secondary N) is 1. The Morgan fingerprint density at radius 2 is 2.20 bits per heavy atom. The van der Waals surface area contributed by atoms with Crippen molar-refractivity contribution in [2.75, 3.05) is 37.6 Å². The number of aryl methyl sites for hydroxylation is 1. The summed E-state index contributed by atoms with van der Waals surface area (Å²) < 4.78 is 1.69. The lowest BCUT2D eigenvalue weighted by Crippen LogP contribution is -2.55. The molecule has 2 N–H and O–H groups in total. The number of carbonyl (C=O) groups is 1. The molecule has 0 bridgehead atoms. The molecule has 8 nitrogen and oxygen atoms in total. The predicted octanol–water partition coefficient (Wildman–Crippen LogP) is 0.567. The smallest absolute Gasteiger partial charge is 0.246 e. The second-order valence-corrected chi connectivity index (χ2v) is 6.59. The first-order valence-corrected chi connectivity index (χ1v) is 8.55. The second kappa shape index (κ2) is 8.35. The molecule has 2 heterocycles. The molecule has 1 saturated heterocycles. The fraction of sp³-hybridized carbons (Fsp3) is 0.688. The molecule has 0 aromatic carbocycles. The fourth-order valence-electron chi connectivity index (χ4n) is 3.07. The van der Waals surface area contributed by atoms with Gasteiger partial charge in [-0.2, -0.15) is 5.10 Å². The van der Waals surface area contributed by atoms with Gasteiger partial charge in [-0.3, -0.25) is 14.5 Å². The van der Waals surface area contributed by atoms with E-state index in [4.69, 9.17) is 0 Å². The Labute approximate surface area is 165 Å². The number of nitrogens with zero attached hydrogens (tertiary/aromatic N) is 5. The van der Waals surface area contributed by atoms with Crippen LogP contribution >= 0.6 is 24.0 Å². The molecule has 9 heteroatoms. The molecule has 0 atom stereocenters. The molecule has 1 saturated carbocycles. The molecule has 25 heavy (non-hydrogen) atoms. The van der Waals surface area contributed by atoms with E-state index in [-0.39, 0.29) is 36.4 Å². The fourth-order valence-corrected chi connectivity index (χ4v) is 3.07. The van der Waals surface area contributed by atoms with Crippen molar-refractivity contribution in [1.29, 1.82) is 0 Å². The number of hydrogen-bond donors (Lipinski definition) is 2. The van der Waals surface area contributed by atoms with E-state index in [9.17, 15) is 9.90 Å². The highest BCUT2D eigenvalue weighted by atomic mass is 127. The molecule has 1 amide bonds. The molecule has 140 valence electrons. The first kappa shape index (κ1) is 20.0. The van der Waals surface area contributed by atoms with Crippen molar-refractivity contribution in [3.05, 3.63) is 12.4 Å². The molecular formula is C16H27IN6O2. The molecule has 0 radical (unpaired) electrons. The molecule has 2 aliphatic rings. The van der Waals surface area contributed by atoms with Crippen molar-refractivity contribution in [2.24, 2.45) is 12.0 Å². The van der Waals surface area contributed by atoms with Crippen LogP contribution in [-0.2, 0) is 11.8 Å². The molecule has 1 aromatic rings. The number of carbonyl (C=O) groups excluding carboxylic acids is 1. The van der Waals surface area contributed by atoms with Gasteiger partial charge in [-0.25, -0.2) is 0 Å². The summed E-state index contributed by atoms with van der Waals surface area (Å²) in [5.74, 6) is 0.735. The first-order valence-electron chi connectivity index (χ1n) is 8.55. The zero-order valence-electron chi connectivity index (χ0n) is 14.8. The number of aliphatic imine (C=N–C) groups is 1. The number of aromatic nitrogens is 2. The van der Waals surface area contributed by atoms with Crippen LogP contribution in [0.25, 0.3) is 0 Å². The number of piperazine rings is 1. The lowest BCUT2D eigenvalue weighted by molar-refractivity contribution is -0.120. The van der Waals surface area contributed by atoms with Crippen molar-refractivity contribution in [3.63, 3.8) is 0 Å². The zero-order chi connectivity index (χ0) is 17.2. The Morgan fingerprint density at radius 3 is 2.72 bits per heavy atom. The lowest BCUT2D eigenvalue weighted by atomic mass is 9.80. The summed E-state index contributed by atoms with van der Waals surface area (Å²) in [5, 5.41) is 17.6. The molecule has 1 aliphatic heterocycles. The topological polar surface area (TPSA) is 86.0 Å². The molecule has 1 aliphatic carbocycles. The lowest BCUT2D eigenvalue weighted by Gasteiger charge is -2.37. The molecule has 2 fully saturated rings. The highest BCUT2D eigenvalue weighted by Gasteiger charge is 2.35. The molecule has 0 spiro atoms. The van der Waals surface area contributed by atoms with Crippen LogP contribution in [0.15, 0.2) is 17.4 Å². The van der Waals surface area contributed by atoms with Crippen molar-refractivity contribution in [2.45, 2.75) is 31.8 Å². The monoisotopic (exact) mass is 462 g/mol. The molecule has 3 rings (SSSR count). The average molecular weight is 462 g/mol. The maximum atomic E-state index is 12.5. The van der Waals surface area contributed by atoms with Crippen LogP contribution in [0.2, 0.25) is 0 Å². The third-order valence-corrected chi connectivity index (χ3v) is 4.67. The van der Waals surface area contributed by atoms with E-state index in [1.54, 1.807) is 15.8 Å². The number of amides is 1. The van der Waals surface area contributed by atoms with Gasteiger partial charge in [0.15, 0.2) is 5.96 Å². The maximum absolute atomic E-state index is 12.5. The summed E-state index contributed by atoms with van der Waals surface area (Å²) in [6.45, 7) is 4.70. The number of anilines is 1. The van der Waals surface area contributed by atoms with Crippen LogP contribution in [-0.4, -0.2) is 70.0 Å². The zero-order valence-corrected chi connectivity index (χ0v) is 17.1. The SMILES string of the molecule is CCNC(=NCC1(O)CCC1)N1CCN(c2cnn(C)c2)C(=O)C1.I. The Balaban J connectivity index is 0.00000225. The van der Waals surface area contributed by atoms with E-state index in [0.29, 0.717) is 25.6 Å². The van der Waals surface area contributed by atoms with Gasteiger partial charge in [0.25, 0.3) is 0 Å². The minimum atomic E-state index is -0.651. The van der Waals surface area contributed by atoms with Gasteiger partial charge in [0.2, 0.25) is 5.91 Å². The van der Waals surface area contributed by atoms with Crippen LogP contribution in [0.3, 0.4) is 0 Å². The molecular weight excluding hydrogens is 435 g/mol. The number of halogens is 1. The number of aliphatic hydroxyl groups is 1. The van der Waals surface area contributed by atoms with Crippen molar-refractivity contribution >= 4 is 41.5 Å². The summed E-state index contributed by atoms with van der Waals surface area (Å²) >= 11 is 0. The average Bonchev–Trinajstić information content (AvgIpc) is 2.95. The number of guanidine groups is 1. The quantitative estimate of drug-likeness (QED) is 0.388. The Kier molecular flexibility index (Phi) is 6.66. The number of hydrogen-bond acceptors (Lipinski definition) is 4. The van der Waals surface area contributed by atoms with Crippen LogP contribution in [0, 0.1) is 0 Å². The van der Waals surface area contributed by atoms with Crippen molar-refractivity contribution in [1.82, 2.24) is 20.0 Å². The van der Waals surface area contributed by atoms with Gasteiger partial charge in [0.1, 0.15) is 6.54 Å². The largest absolute Gasteiger partial charge is 0.388 e. The minimum absolute atomic E-state index is 0. The molecule has 0 unspecified atom stereocenters. The summed E-state index contributed by atoms with van der Waals surface area (Å²) in [6.07, 6.45) is 6.23. The third-order valence-electron chi connectivity index (χ3n) is 4.67. The summed E-state index contributed by atoms with van der Waals surface area (Å²) in [4.78, 5) is 20.8. The van der Waals surface area contributed by atoms with Crippen LogP contribution in [0.5, 0.6) is 0 Å². The second-order valence-electron chi connectivity index (χ2n) is 6.59.